The summed E-state index contributed by atoms with van der Waals surface area (Å²) in [6.07, 6.45) is 4.25. The highest BCUT2D eigenvalue weighted by Gasteiger charge is 2.31. The minimum atomic E-state index is -3.57. The second kappa shape index (κ2) is 15.6. The highest BCUT2D eigenvalue weighted by molar-refractivity contribution is 7.89. The third kappa shape index (κ3) is 9.93. The molecule has 2 fully saturated rings. The van der Waals surface area contributed by atoms with E-state index >= 15 is 0 Å². The summed E-state index contributed by atoms with van der Waals surface area (Å²) in [5.41, 5.74) is 3.59. The van der Waals surface area contributed by atoms with Gasteiger partial charge in [-0.3, -0.25) is 24.6 Å². The first-order valence-corrected chi connectivity index (χ1v) is 19.6. The molecular weight excluding hydrogens is 697 g/mol. The van der Waals surface area contributed by atoms with Crippen molar-refractivity contribution < 1.29 is 27.5 Å². The zero-order chi connectivity index (χ0) is 37.9. The van der Waals surface area contributed by atoms with Crippen LogP contribution < -0.4 is 26.2 Å². The molecule has 1 heterocycles. The molecule has 0 bridgehead atoms. The minimum Gasteiger partial charge on any atom is -0.444 e. The maximum Gasteiger partial charge on any atom is 0.407 e. The monoisotopic (exact) mass is 744 g/mol. The fourth-order valence-electron chi connectivity index (χ4n) is 6.69. The average molecular weight is 745 g/mol. The molecule has 1 aromatic heterocycles. The Morgan fingerprint density at radius 3 is 2.28 bits per heavy atom. The number of H-pyrrole nitrogens is 2. The summed E-state index contributed by atoms with van der Waals surface area (Å²) in [5, 5.41) is 14.5. The molecule has 0 saturated heterocycles. The number of carbonyl (C=O) groups excluding carboxylic acids is 3. The van der Waals surface area contributed by atoms with E-state index in [-0.39, 0.29) is 40.7 Å². The van der Waals surface area contributed by atoms with Gasteiger partial charge >= 0.3 is 6.09 Å². The number of ether oxygens (including phenoxy) is 1. The Bertz CT molecular complexity index is 2140. The lowest BCUT2D eigenvalue weighted by Crippen LogP contribution is -2.48. The fraction of sp³-hybridized carbons (Fsp3) is 0.436. The van der Waals surface area contributed by atoms with Gasteiger partial charge in [0, 0.05) is 30.6 Å². The van der Waals surface area contributed by atoms with E-state index in [1.54, 1.807) is 36.4 Å². The lowest BCUT2D eigenvalue weighted by Gasteiger charge is -2.29. The number of aryl methyl sites for hydroxylation is 1. The summed E-state index contributed by atoms with van der Waals surface area (Å²) in [6.45, 7) is 7.79. The van der Waals surface area contributed by atoms with E-state index in [9.17, 15) is 27.6 Å². The van der Waals surface area contributed by atoms with Crippen molar-refractivity contribution in [3.63, 3.8) is 0 Å². The third-order valence-electron chi connectivity index (χ3n) is 9.74. The molecule has 6 rings (SSSR count). The first-order valence-electron chi connectivity index (χ1n) is 18.1. The summed E-state index contributed by atoms with van der Waals surface area (Å²) >= 11 is 0. The Balaban J connectivity index is 1.13. The van der Waals surface area contributed by atoms with Crippen molar-refractivity contribution in [2.24, 2.45) is 11.8 Å². The predicted octanol–water partition coefficient (Wildman–Crippen LogP) is 5.27. The first kappa shape index (κ1) is 37.8. The topological polar surface area (TPSA) is 191 Å². The van der Waals surface area contributed by atoms with Crippen LogP contribution in [0.1, 0.15) is 70.4 Å². The number of carbonyl (C=O) groups is 3. The van der Waals surface area contributed by atoms with Crippen molar-refractivity contribution in [2.45, 2.75) is 95.2 Å². The lowest BCUT2D eigenvalue weighted by molar-refractivity contribution is -0.130. The van der Waals surface area contributed by atoms with Crippen molar-refractivity contribution in [2.75, 3.05) is 11.9 Å². The SMILES string of the molecule is Cc1cc(S(=O)(=O)NC2CC2)ccc1-c1ccc(C[C@H](NC(=O)C2CCC(CNC(=O)OC(C)(C)C)CC2)C(=O)Nc2ccc3c(=O)[nH][nH]c3c2)cc1. The molecule has 2 aliphatic carbocycles. The number of sulfonamides is 1. The van der Waals surface area contributed by atoms with Crippen molar-refractivity contribution in [1.82, 2.24) is 25.6 Å². The van der Waals surface area contributed by atoms with Crippen LogP contribution in [0, 0.1) is 18.8 Å². The van der Waals surface area contributed by atoms with E-state index in [1.165, 1.54) is 0 Å². The quantitative estimate of drug-likeness (QED) is 0.114. The molecular formula is C39H48N6O7S. The number of hydrogen-bond donors (Lipinski definition) is 6. The Labute approximate surface area is 309 Å². The molecule has 3 aromatic carbocycles. The molecule has 13 nitrogen and oxygen atoms in total. The summed E-state index contributed by atoms with van der Waals surface area (Å²) < 4.78 is 33.5. The number of benzene rings is 3. The van der Waals surface area contributed by atoms with Crippen LogP contribution in [-0.2, 0) is 30.8 Å². The van der Waals surface area contributed by atoms with Gasteiger partial charge in [0.2, 0.25) is 21.8 Å². The molecule has 1 atom stereocenters. The molecule has 0 unspecified atom stereocenters. The molecule has 0 spiro atoms. The Kier molecular flexibility index (Phi) is 11.1. The van der Waals surface area contributed by atoms with Gasteiger partial charge in [0.1, 0.15) is 11.6 Å². The van der Waals surface area contributed by atoms with Crippen molar-refractivity contribution in [3.8, 4) is 11.1 Å². The van der Waals surface area contributed by atoms with Crippen LogP contribution in [-0.4, -0.2) is 60.8 Å². The number of alkyl carbamates (subject to hydrolysis) is 1. The molecule has 3 amide bonds. The summed E-state index contributed by atoms with van der Waals surface area (Å²) in [4.78, 5) is 51.7. The van der Waals surface area contributed by atoms with Gasteiger partial charge in [-0.25, -0.2) is 17.9 Å². The van der Waals surface area contributed by atoms with Crippen molar-refractivity contribution in [3.05, 3.63) is 82.1 Å². The van der Waals surface area contributed by atoms with Gasteiger partial charge in [0.25, 0.3) is 5.56 Å². The number of fused-ring (bicyclic) bond motifs is 1. The zero-order valence-corrected chi connectivity index (χ0v) is 31.3. The molecule has 2 aliphatic rings. The Morgan fingerprint density at radius 1 is 0.906 bits per heavy atom. The van der Waals surface area contributed by atoms with Crippen LogP contribution >= 0.6 is 0 Å². The van der Waals surface area contributed by atoms with Crippen molar-refractivity contribution in [1.29, 1.82) is 0 Å². The van der Waals surface area contributed by atoms with Crippen LogP contribution in [0.3, 0.4) is 0 Å². The number of aromatic nitrogens is 2. The van der Waals surface area contributed by atoms with E-state index in [0.29, 0.717) is 36.0 Å². The van der Waals surface area contributed by atoms with Crippen molar-refractivity contribution >= 4 is 44.5 Å². The van der Waals surface area contributed by atoms with E-state index < -0.39 is 33.7 Å². The highest BCUT2D eigenvalue weighted by Crippen LogP contribution is 2.30. The van der Waals surface area contributed by atoms with E-state index in [1.807, 2.05) is 52.0 Å². The lowest BCUT2D eigenvalue weighted by atomic mass is 9.81. The zero-order valence-electron chi connectivity index (χ0n) is 30.5. The molecule has 282 valence electrons. The van der Waals surface area contributed by atoms with Crippen LogP contribution in [0.25, 0.3) is 22.0 Å². The molecule has 2 saturated carbocycles. The van der Waals surface area contributed by atoms with Gasteiger partial charge < -0.3 is 20.7 Å². The Morgan fingerprint density at radius 2 is 1.62 bits per heavy atom. The number of amides is 3. The van der Waals surface area contributed by atoms with E-state index in [0.717, 1.165) is 47.9 Å². The Hall–Kier alpha value is -4.95. The second-order valence-corrected chi connectivity index (χ2v) is 17.0. The average Bonchev–Trinajstić information content (AvgIpc) is 3.84. The van der Waals surface area contributed by atoms with Gasteiger partial charge in [-0.2, -0.15) is 0 Å². The van der Waals surface area contributed by atoms with Gasteiger partial charge in [0.15, 0.2) is 0 Å². The van der Waals surface area contributed by atoms with Crippen LogP contribution in [0.4, 0.5) is 10.5 Å². The fourth-order valence-corrected chi connectivity index (χ4v) is 8.08. The number of nitrogens with one attached hydrogen (secondary N) is 6. The molecule has 4 aromatic rings. The minimum absolute atomic E-state index is 0.0198. The largest absolute Gasteiger partial charge is 0.444 e. The first-order chi connectivity index (χ1) is 25.1. The number of hydrogen-bond acceptors (Lipinski definition) is 7. The van der Waals surface area contributed by atoms with Crippen LogP contribution in [0.5, 0.6) is 0 Å². The van der Waals surface area contributed by atoms with Crippen LogP contribution in [0.2, 0.25) is 0 Å². The molecule has 0 radical (unpaired) electrons. The maximum absolute atomic E-state index is 13.8. The molecule has 0 aliphatic heterocycles. The molecule has 14 heteroatoms. The van der Waals surface area contributed by atoms with Gasteiger partial charge in [-0.05, 0) is 125 Å². The van der Waals surface area contributed by atoms with Gasteiger partial charge in [0.05, 0.1) is 15.8 Å². The highest BCUT2D eigenvalue weighted by atomic mass is 32.2. The summed E-state index contributed by atoms with van der Waals surface area (Å²) in [6, 6.07) is 16.8. The molecule has 53 heavy (non-hydrogen) atoms. The van der Waals surface area contributed by atoms with E-state index in [2.05, 4.69) is 30.9 Å². The van der Waals surface area contributed by atoms with Gasteiger partial charge in [-0.15, -0.1) is 0 Å². The van der Waals surface area contributed by atoms with E-state index in [4.69, 9.17) is 4.74 Å². The number of rotatable bonds is 12. The number of anilines is 1. The smallest absolute Gasteiger partial charge is 0.407 e. The number of aromatic amines is 2. The second-order valence-electron chi connectivity index (χ2n) is 15.3. The van der Waals surface area contributed by atoms with Gasteiger partial charge in [-0.1, -0.05) is 30.3 Å². The third-order valence-corrected chi connectivity index (χ3v) is 11.3. The maximum atomic E-state index is 13.8. The normalized spacial score (nSPS) is 18.3. The predicted molar refractivity (Wildman–Crippen MR) is 203 cm³/mol. The summed E-state index contributed by atoms with van der Waals surface area (Å²) in [7, 11) is -3.57. The van der Waals surface area contributed by atoms with Crippen LogP contribution in [0.15, 0.2) is 70.4 Å². The molecule has 6 N–H and O–H groups in total. The summed E-state index contributed by atoms with van der Waals surface area (Å²) in [5.74, 6) is -0.654. The standard InChI is InChI=1S/C39H48N6O7S/c1-23-19-30(53(50,51)45-28-13-14-28)16-18-31(23)26-9-5-24(6-10-26)20-34(37(48)41-29-15-17-32-33(21-29)43-44-36(32)47)42-35(46)27-11-7-25(8-12-27)22-40-38(49)52-39(2,3)4/h5-6,9-10,15-19,21,25,27-28,34,45H,7-8,11-14,20,22H2,1-4H3,(H,40,49)(H,41,48)(H,42,46)(H2,43,44,47)/t25?,27?,34-/m0/s1.